The maximum absolute atomic E-state index is 13.0. The molecule has 0 bridgehead atoms. The first kappa shape index (κ1) is 15.6. The predicted octanol–water partition coefficient (Wildman–Crippen LogP) is 0.483. The molecule has 0 aliphatic heterocycles. The molecule has 2 rings (SSSR count). The highest BCUT2D eigenvalue weighted by Crippen LogP contribution is 2.05. The van der Waals surface area contributed by atoms with E-state index in [0.717, 1.165) is 22.9 Å². The van der Waals surface area contributed by atoms with Gasteiger partial charge < -0.3 is 9.84 Å². The van der Waals surface area contributed by atoms with E-state index < -0.39 is 28.6 Å². The topological polar surface area (TPSA) is 90.5 Å². The molecule has 116 valence electrons. The maximum Gasteiger partial charge on any atom is 0.342 e. The summed E-state index contributed by atoms with van der Waals surface area (Å²) in [7, 11) is 1.43. The minimum atomic E-state index is -1.45. The second kappa shape index (κ2) is 6.35. The Morgan fingerprint density at radius 2 is 1.91 bits per heavy atom. The average molecular weight is 308 g/mol. The largest absolute Gasteiger partial charge is 0.477 e. The molecule has 0 amide bonds. The van der Waals surface area contributed by atoms with Crippen molar-refractivity contribution in [3.63, 3.8) is 0 Å². The number of nitrogens with zero attached hydrogens (tertiary/aromatic N) is 2. The SMILES string of the molecule is COCCn1cc(C(=O)O)c(=O)n(-c2ccc(F)cc2)c1=O. The van der Waals surface area contributed by atoms with E-state index in [4.69, 9.17) is 9.84 Å². The van der Waals surface area contributed by atoms with Gasteiger partial charge in [0, 0.05) is 13.3 Å². The van der Waals surface area contributed by atoms with E-state index in [2.05, 4.69) is 0 Å². The van der Waals surface area contributed by atoms with E-state index in [9.17, 15) is 18.8 Å². The Kier molecular flexibility index (Phi) is 4.52. The van der Waals surface area contributed by atoms with Crippen molar-refractivity contribution in [3.8, 4) is 5.69 Å². The number of aromatic carboxylic acids is 1. The van der Waals surface area contributed by atoms with E-state index in [0.29, 0.717) is 4.57 Å². The monoisotopic (exact) mass is 308 g/mol. The number of methoxy groups -OCH3 is 1. The highest BCUT2D eigenvalue weighted by molar-refractivity contribution is 5.86. The van der Waals surface area contributed by atoms with Gasteiger partial charge in [-0.05, 0) is 24.3 Å². The van der Waals surface area contributed by atoms with Crippen LogP contribution in [0.5, 0.6) is 0 Å². The minimum Gasteiger partial charge on any atom is -0.477 e. The second-order valence-corrected chi connectivity index (χ2v) is 4.43. The fourth-order valence-electron chi connectivity index (χ4n) is 1.92. The lowest BCUT2D eigenvalue weighted by Crippen LogP contribution is -2.41. The summed E-state index contributed by atoms with van der Waals surface area (Å²) < 4.78 is 19.6. The van der Waals surface area contributed by atoms with Crippen LogP contribution in [0.25, 0.3) is 5.69 Å². The van der Waals surface area contributed by atoms with E-state index in [1.165, 1.54) is 19.2 Å². The number of ether oxygens (including phenoxy) is 1. The summed E-state index contributed by atoms with van der Waals surface area (Å²) in [6.45, 7) is 0.248. The van der Waals surface area contributed by atoms with Gasteiger partial charge in [-0.1, -0.05) is 0 Å². The maximum atomic E-state index is 13.0. The molecule has 1 heterocycles. The van der Waals surface area contributed by atoms with Crippen LogP contribution >= 0.6 is 0 Å². The second-order valence-electron chi connectivity index (χ2n) is 4.43. The van der Waals surface area contributed by atoms with Gasteiger partial charge in [0.2, 0.25) is 0 Å². The van der Waals surface area contributed by atoms with Crippen LogP contribution in [0.2, 0.25) is 0 Å². The molecule has 0 saturated carbocycles. The standard InChI is InChI=1S/C14H13FN2O5/c1-22-7-6-16-8-11(13(19)20)12(18)17(14(16)21)10-4-2-9(15)3-5-10/h2-5,8H,6-7H2,1H3,(H,19,20). The average Bonchev–Trinajstić information content (AvgIpc) is 2.48. The van der Waals surface area contributed by atoms with Gasteiger partial charge in [-0.25, -0.2) is 18.5 Å². The normalized spacial score (nSPS) is 10.6. The molecule has 0 atom stereocenters. The van der Waals surface area contributed by atoms with E-state index in [-0.39, 0.29) is 18.8 Å². The molecular formula is C14H13FN2O5. The zero-order valence-electron chi connectivity index (χ0n) is 11.7. The molecule has 2 aromatic rings. The number of carboxylic acids is 1. The summed E-state index contributed by atoms with van der Waals surface area (Å²) in [5.74, 6) is -1.99. The summed E-state index contributed by atoms with van der Waals surface area (Å²) in [6, 6.07) is 4.61. The summed E-state index contributed by atoms with van der Waals surface area (Å²) in [6.07, 6.45) is 0.978. The van der Waals surface area contributed by atoms with Crippen LogP contribution in [-0.2, 0) is 11.3 Å². The molecule has 0 unspecified atom stereocenters. The zero-order chi connectivity index (χ0) is 16.3. The Bertz CT molecular complexity index is 807. The number of aromatic nitrogens is 2. The fourth-order valence-corrected chi connectivity index (χ4v) is 1.92. The molecule has 0 fully saturated rings. The van der Waals surface area contributed by atoms with Crippen LogP contribution in [0.3, 0.4) is 0 Å². The lowest BCUT2D eigenvalue weighted by molar-refractivity contribution is 0.0692. The molecular weight excluding hydrogens is 295 g/mol. The third-order valence-corrected chi connectivity index (χ3v) is 3.01. The van der Waals surface area contributed by atoms with Crippen LogP contribution in [0.4, 0.5) is 4.39 Å². The third kappa shape index (κ3) is 2.96. The summed E-state index contributed by atoms with van der Waals surface area (Å²) >= 11 is 0. The Morgan fingerprint density at radius 1 is 1.27 bits per heavy atom. The van der Waals surface area contributed by atoms with Crippen molar-refractivity contribution in [1.82, 2.24) is 9.13 Å². The first-order valence-electron chi connectivity index (χ1n) is 6.30. The van der Waals surface area contributed by atoms with Crippen molar-refractivity contribution >= 4 is 5.97 Å². The van der Waals surface area contributed by atoms with Crippen molar-refractivity contribution in [2.24, 2.45) is 0 Å². The van der Waals surface area contributed by atoms with Gasteiger partial charge in [-0.15, -0.1) is 0 Å². The van der Waals surface area contributed by atoms with Crippen molar-refractivity contribution in [1.29, 1.82) is 0 Å². The van der Waals surface area contributed by atoms with Crippen LogP contribution in [0.15, 0.2) is 40.1 Å². The number of benzene rings is 1. The lowest BCUT2D eigenvalue weighted by atomic mass is 10.3. The molecule has 22 heavy (non-hydrogen) atoms. The van der Waals surface area contributed by atoms with Gasteiger partial charge in [0.15, 0.2) is 0 Å². The van der Waals surface area contributed by atoms with Crippen molar-refractivity contribution in [2.75, 3.05) is 13.7 Å². The van der Waals surface area contributed by atoms with Crippen LogP contribution in [0, 0.1) is 5.82 Å². The summed E-state index contributed by atoms with van der Waals surface area (Å²) in [5, 5.41) is 9.10. The molecule has 1 N–H and O–H groups in total. The van der Waals surface area contributed by atoms with Gasteiger partial charge in [0.25, 0.3) is 5.56 Å². The van der Waals surface area contributed by atoms with Gasteiger partial charge in [-0.3, -0.25) is 9.36 Å². The Labute approximate surface area is 123 Å². The van der Waals surface area contributed by atoms with E-state index in [1.54, 1.807) is 0 Å². The molecule has 0 radical (unpaired) electrons. The number of halogens is 1. The van der Waals surface area contributed by atoms with Gasteiger partial charge in [0.05, 0.1) is 18.8 Å². The number of carboxylic acid groups (broad SMARTS) is 1. The molecule has 1 aromatic heterocycles. The van der Waals surface area contributed by atoms with Gasteiger partial charge in [-0.2, -0.15) is 0 Å². The fraction of sp³-hybridized carbons (Fsp3) is 0.214. The highest BCUT2D eigenvalue weighted by atomic mass is 19.1. The van der Waals surface area contributed by atoms with Gasteiger partial charge in [0.1, 0.15) is 11.4 Å². The summed E-state index contributed by atoms with van der Waals surface area (Å²) in [5.41, 5.74) is -2.16. The van der Waals surface area contributed by atoms with Gasteiger partial charge >= 0.3 is 11.7 Å². The smallest absolute Gasteiger partial charge is 0.342 e. The van der Waals surface area contributed by atoms with Crippen molar-refractivity contribution in [3.05, 3.63) is 62.7 Å². The molecule has 8 heteroatoms. The quantitative estimate of drug-likeness (QED) is 0.868. The molecule has 0 aliphatic carbocycles. The Hall–Kier alpha value is -2.74. The first-order chi connectivity index (χ1) is 10.5. The minimum absolute atomic E-state index is 0.0804. The number of rotatable bonds is 5. The third-order valence-electron chi connectivity index (χ3n) is 3.01. The van der Waals surface area contributed by atoms with Crippen molar-refractivity contribution in [2.45, 2.75) is 6.54 Å². The van der Waals surface area contributed by atoms with Crippen molar-refractivity contribution < 1.29 is 19.0 Å². The number of carbonyl (C=O) groups is 1. The number of hydrogen-bond donors (Lipinski definition) is 1. The van der Waals surface area contributed by atoms with Crippen LogP contribution in [-0.4, -0.2) is 33.9 Å². The summed E-state index contributed by atoms with van der Waals surface area (Å²) in [4.78, 5) is 35.7. The Morgan fingerprint density at radius 3 is 2.45 bits per heavy atom. The molecule has 0 spiro atoms. The molecule has 0 saturated heterocycles. The lowest BCUT2D eigenvalue weighted by Gasteiger charge is -2.11. The first-order valence-corrected chi connectivity index (χ1v) is 6.30. The van der Waals surface area contributed by atoms with Crippen LogP contribution < -0.4 is 11.2 Å². The van der Waals surface area contributed by atoms with E-state index >= 15 is 0 Å². The van der Waals surface area contributed by atoms with E-state index in [1.807, 2.05) is 0 Å². The molecule has 1 aromatic carbocycles. The predicted molar refractivity (Wildman–Crippen MR) is 75.1 cm³/mol. The molecule has 7 nitrogen and oxygen atoms in total. The molecule has 0 aliphatic rings. The number of hydrogen-bond acceptors (Lipinski definition) is 4. The Balaban J connectivity index is 2.72. The highest BCUT2D eigenvalue weighted by Gasteiger charge is 2.17. The van der Waals surface area contributed by atoms with Crippen LogP contribution in [0.1, 0.15) is 10.4 Å². The zero-order valence-corrected chi connectivity index (χ0v) is 11.7.